The topological polar surface area (TPSA) is 59.4 Å². The summed E-state index contributed by atoms with van der Waals surface area (Å²) in [4.78, 5) is 14.6. The van der Waals surface area contributed by atoms with Crippen molar-refractivity contribution in [3.63, 3.8) is 0 Å². The van der Waals surface area contributed by atoms with Gasteiger partial charge >= 0.3 is 6.18 Å². The van der Waals surface area contributed by atoms with E-state index in [-0.39, 0.29) is 17.6 Å². The van der Waals surface area contributed by atoms with Crippen molar-refractivity contribution in [2.45, 2.75) is 57.9 Å². The second-order valence-electron chi connectivity index (χ2n) is 9.65. The van der Waals surface area contributed by atoms with Crippen LogP contribution >= 0.6 is 0 Å². The predicted molar refractivity (Wildman–Crippen MR) is 140 cm³/mol. The number of halogens is 4. The highest BCUT2D eigenvalue weighted by Crippen LogP contribution is 2.33. The van der Waals surface area contributed by atoms with Crippen LogP contribution in [0.25, 0.3) is 5.69 Å². The van der Waals surface area contributed by atoms with E-state index in [0.29, 0.717) is 19.7 Å². The summed E-state index contributed by atoms with van der Waals surface area (Å²) in [5.74, 6) is -0.503. The maximum Gasteiger partial charge on any atom is 0.419 e. The molecule has 0 bridgehead atoms. The molecule has 1 N–H and O–H groups in total. The monoisotopic (exact) mass is 544 g/mol. The van der Waals surface area contributed by atoms with Gasteiger partial charge in [0.15, 0.2) is 0 Å². The fourth-order valence-electron chi connectivity index (χ4n) is 4.52. The van der Waals surface area contributed by atoms with E-state index in [0.717, 1.165) is 66.8 Å². The molecule has 0 saturated carbocycles. The van der Waals surface area contributed by atoms with Crippen molar-refractivity contribution in [1.29, 1.82) is 0 Å². The fraction of sp³-hybridized carbons (Fsp3) is 0.379. The average molecular weight is 545 g/mol. The normalized spacial score (nSPS) is 14.0. The van der Waals surface area contributed by atoms with Gasteiger partial charge in [0.25, 0.3) is 5.91 Å². The van der Waals surface area contributed by atoms with Crippen LogP contribution < -0.4 is 10.1 Å². The van der Waals surface area contributed by atoms with Crippen LogP contribution in [0.15, 0.2) is 61.4 Å². The summed E-state index contributed by atoms with van der Waals surface area (Å²) >= 11 is 0. The molecule has 2 aromatic carbocycles. The zero-order valence-corrected chi connectivity index (χ0v) is 21.8. The number of alkyl halides is 3. The molecule has 3 aromatic rings. The lowest BCUT2D eigenvalue weighted by atomic mass is 10.1. The molecular formula is C29H32F4N4O2. The number of hydrogen-bond acceptors (Lipinski definition) is 4. The van der Waals surface area contributed by atoms with Gasteiger partial charge in [-0.25, -0.2) is 9.07 Å². The molecule has 1 atom stereocenters. The SMILES string of the molecule is C=CCCC(C)N1Cc2cc(OCCCCNCc3cnn(-c4ccc(F)c(C(F)(F)F)c4)c3)ccc2C1=O. The van der Waals surface area contributed by atoms with Gasteiger partial charge in [-0.1, -0.05) is 6.08 Å². The van der Waals surface area contributed by atoms with Crippen LogP contribution in [0.4, 0.5) is 17.6 Å². The molecule has 1 aliphatic rings. The molecule has 10 heteroatoms. The van der Waals surface area contributed by atoms with Crippen molar-refractivity contribution in [3.8, 4) is 11.4 Å². The molecule has 1 aliphatic heterocycles. The molecule has 0 fully saturated rings. The molecule has 6 nitrogen and oxygen atoms in total. The van der Waals surface area contributed by atoms with Crippen LogP contribution in [-0.4, -0.2) is 39.8 Å². The minimum atomic E-state index is -4.77. The summed E-state index contributed by atoms with van der Waals surface area (Å²) < 4.78 is 59.7. The van der Waals surface area contributed by atoms with Crippen LogP contribution in [0.2, 0.25) is 0 Å². The Morgan fingerprint density at radius 3 is 2.79 bits per heavy atom. The minimum absolute atomic E-state index is 0.0634. The number of nitrogens with one attached hydrogen (secondary N) is 1. The van der Waals surface area contributed by atoms with Crippen LogP contribution in [0, 0.1) is 5.82 Å². The third kappa shape index (κ3) is 7.06. The van der Waals surface area contributed by atoms with Gasteiger partial charge in [0.1, 0.15) is 11.6 Å². The highest BCUT2D eigenvalue weighted by atomic mass is 19.4. The standard InChI is InChI=1S/C29H32F4N4O2/c1-3-4-7-20(2)36-19-22-14-24(9-10-25(22)28(36)38)39-13-6-5-12-34-16-21-17-35-37(18-21)23-8-11-27(30)26(15-23)29(31,32)33/h3,8-11,14-15,17-18,20,34H,1,4-7,12-13,16,19H2,2H3. The zero-order chi connectivity index (χ0) is 28.0. The first-order valence-electron chi connectivity index (χ1n) is 13.0. The third-order valence-corrected chi connectivity index (χ3v) is 6.73. The average Bonchev–Trinajstić information content (AvgIpc) is 3.50. The first kappa shape index (κ1) is 28.4. The van der Waals surface area contributed by atoms with E-state index in [2.05, 4.69) is 23.9 Å². The third-order valence-electron chi connectivity index (χ3n) is 6.73. The Hall–Kier alpha value is -3.66. The highest BCUT2D eigenvalue weighted by Gasteiger charge is 2.34. The number of aromatic nitrogens is 2. The summed E-state index contributed by atoms with van der Waals surface area (Å²) in [6, 6.07) is 8.58. The number of nitrogens with zero attached hydrogens (tertiary/aromatic N) is 3. The first-order chi connectivity index (χ1) is 18.7. The molecule has 1 unspecified atom stereocenters. The predicted octanol–water partition coefficient (Wildman–Crippen LogP) is 6.29. The van der Waals surface area contributed by atoms with E-state index in [1.54, 1.807) is 12.4 Å². The minimum Gasteiger partial charge on any atom is -0.494 e. The molecule has 208 valence electrons. The quantitative estimate of drug-likeness (QED) is 0.156. The number of rotatable bonds is 13. The number of benzene rings is 2. The summed E-state index contributed by atoms with van der Waals surface area (Å²) in [6.07, 6.45) is 3.72. The van der Waals surface area contributed by atoms with Gasteiger partial charge in [-0.15, -0.1) is 6.58 Å². The van der Waals surface area contributed by atoms with E-state index < -0.39 is 17.6 Å². The Balaban J connectivity index is 1.17. The molecule has 0 aliphatic carbocycles. The van der Waals surface area contributed by atoms with Crippen LogP contribution in [-0.2, 0) is 19.3 Å². The molecule has 1 amide bonds. The second-order valence-corrected chi connectivity index (χ2v) is 9.65. The number of carbonyl (C=O) groups is 1. The van der Waals surface area contributed by atoms with Gasteiger partial charge in [-0.2, -0.15) is 18.3 Å². The molecule has 0 saturated heterocycles. The Bertz CT molecular complexity index is 1300. The number of fused-ring (bicyclic) bond motifs is 1. The smallest absolute Gasteiger partial charge is 0.419 e. The van der Waals surface area contributed by atoms with E-state index in [4.69, 9.17) is 4.74 Å². The number of amides is 1. The number of hydrogen-bond donors (Lipinski definition) is 1. The Morgan fingerprint density at radius 1 is 1.21 bits per heavy atom. The number of carbonyl (C=O) groups excluding carboxylic acids is 1. The molecule has 2 heterocycles. The van der Waals surface area contributed by atoms with Gasteiger partial charge in [-0.05, 0) is 81.1 Å². The lowest BCUT2D eigenvalue weighted by molar-refractivity contribution is -0.140. The van der Waals surface area contributed by atoms with Crippen LogP contribution in [0.1, 0.15) is 59.7 Å². The molecule has 4 rings (SSSR count). The molecule has 39 heavy (non-hydrogen) atoms. The molecule has 0 radical (unpaired) electrons. The van der Waals surface area contributed by atoms with E-state index in [1.165, 1.54) is 10.7 Å². The van der Waals surface area contributed by atoms with Crippen molar-refractivity contribution < 1.29 is 27.1 Å². The van der Waals surface area contributed by atoms with Gasteiger partial charge in [0.05, 0.1) is 24.1 Å². The van der Waals surface area contributed by atoms with Gasteiger partial charge in [0.2, 0.25) is 0 Å². The molecule has 0 spiro atoms. The van der Waals surface area contributed by atoms with Crippen molar-refractivity contribution in [2.24, 2.45) is 0 Å². The van der Waals surface area contributed by atoms with E-state index in [9.17, 15) is 22.4 Å². The maximum absolute atomic E-state index is 13.5. The van der Waals surface area contributed by atoms with Crippen molar-refractivity contribution in [3.05, 3.63) is 89.5 Å². The van der Waals surface area contributed by atoms with E-state index >= 15 is 0 Å². The summed E-state index contributed by atoms with van der Waals surface area (Å²) in [5.41, 5.74) is 1.34. The Labute approximate surface area is 225 Å². The Kier molecular flexibility index (Phi) is 9.06. The largest absolute Gasteiger partial charge is 0.494 e. The fourth-order valence-corrected chi connectivity index (χ4v) is 4.52. The van der Waals surface area contributed by atoms with E-state index in [1.807, 2.05) is 29.2 Å². The maximum atomic E-state index is 13.5. The van der Waals surface area contributed by atoms with Crippen LogP contribution in [0.5, 0.6) is 5.75 Å². The van der Waals surface area contributed by atoms with Gasteiger partial charge < -0.3 is 15.0 Å². The lowest BCUT2D eigenvalue weighted by Crippen LogP contribution is -2.33. The summed E-state index contributed by atoms with van der Waals surface area (Å²) in [5, 5.41) is 7.38. The van der Waals surface area contributed by atoms with Crippen LogP contribution in [0.3, 0.4) is 0 Å². The number of allylic oxidation sites excluding steroid dienone is 1. The second kappa shape index (κ2) is 12.5. The van der Waals surface area contributed by atoms with Crippen molar-refractivity contribution in [1.82, 2.24) is 20.0 Å². The summed E-state index contributed by atoms with van der Waals surface area (Å²) in [7, 11) is 0. The van der Waals surface area contributed by atoms with Crippen molar-refractivity contribution in [2.75, 3.05) is 13.2 Å². The van der Waals surface area contributed by atoms with Gasteiger partial charge in [-0.3, -0.25) is 4.79 Å². The first-order valence-corrected chi connectivity index (χ1v) is 13.0. The zero-order valence-electron chi connectivity index (χ0n) is 21.8. The molecular weight excluding hydrogens is 512 g/mol. The summed E-state index contributed by atoms with van der Waals surface area (Å²) in [6.45, 7) is 8.16. The number of unbranched alkanes of at least 4 members (excludes halogenated alkanes) is 1. The van der Waals surface area contributed by atoms with Crippen molar-refractivity contribution >= 4 is 5.91 Å². The highest BCUT2D eigenvalue weighted by molar-refractivity contribution is 5.98. The number of ether oxygens (including phenoxy) is 1. The van der Waals surface area contributed by atoms with Gasteiger partial charge in [0, 0.05) is 36.5 Å². The molecule has 1 aromatic heterocycles. The lowest BCUT2D eigenvalue weighted by Gasteiger charge is -2.23. The Morgan fingerprint density at radius 2 is 2.03 bits per heavy atom.